The Bertz CT molecular complexity index is 924. The number of hydrogen-bond acceptors (Lipinski definition) is 3. The summed E-state index contributed by atoms with van der Waals surface area (Å²) in [5.41, 5.74) is 5.50. The second kappa shape index (κ2) is 7.19. The molecule has 26 heavy (non-hydrogen) atoms. The molecule has 0 spiro atoms. The molecule has 0 amide bonds. The van der Waals surface area contributed by atoms with Crippen molar-refractivity contribution in [2.45, 2.75) is 6.92 Å². The second-order valence-electron chi connectivity index (χ2n) is 6.07. The lowest BCUT2D eigenvalue weighted by molar-refractivity contribution is 1.06. The predicted molar refractivity (Wildman–Crippen MR) is 107 cm³/mol. The van der Waals surface area contributed by atoms with E-state index in [1.165, 1.54) is 0 Å². The van der Waals surface area contributed by atoms with Crippen molar-refractivity contribution in [1.82, 2.24) is 9.97 Å². The molecule has 0 aliphatic carbocycles. The second-order valence-corrected chi connectivity index (χ2v) is 6.07. The molecule has 3 aromatic carbocycles. The average Bonchev–Trinajstić information content (AvgIpc) is 2.71. The third kappa shape index (κ3) is 3.33. The van der Waals surface area contributed by atoms with Crippen molar-refractivity contribution in [3.05, 3.63) is 103 Å². The first-order valence-electron chi connectivity index (χ1n) is 8.60. The number of nitrogens with zero attached hydrogens (tertiary/aromatic N) is 3. The number of anilines is 3. The Balaban J connectivity index is 1.73. The maximum Gasteiger partial charge on any atom is 0.125 e. The highest BCUT2D eigenvalue weighted by atomic mass is 15.1. The lowest BCUT2D eigenvalue weighted by Gasteiger charge is -2.25. The lowest BCUT2D eigenvalue weighted by Crippen LogP contribution is -2.09. The summed E-state index contributed by atoms with van der Waals surface area (Å²) in [5.74, 6) is 0.782. The molecule has 0 saturated carbocycles. The molecule has 3 nitrogen and oxygen atoms in total. The fraction of sp³-hybridized carbons (Fsp3) is 0.0435. The van der Waals surface area contributed by atoms with Crippen molar-refractivity contribution in [3.8, 4) is 11.1 Å². The van der Waals surface area contributed by atoms with Gasteiger partial charge in [-0.15, -0.1) is 0 Å². The van der Waals surface area contributed by atoms with Crippen molar-refractivity contribution in [2.24, 2.45) is 0 Å². The van der Waals surface area contributed by atoms with Gasteiger partial charge >= 0.3 is 0 Å². The Kier molecular flexibility index (Phi) is 4.44. The molecule has 0 aliphatic heterocycles. The zero-order valence-corrected chi connectivity index (χ0v) is 14.6. The molecule has 0 saturated heterocycles. The molecule has 0 bridgehead atoms. The Hall–Kier alpha value is -3.46. The standard InChI is InChI=1S/C23H19N3/c1-18-24-16-20(17-25-18)19-12-14-23(15-13-19)26(21-8-4-2-5-9-21)22-10-6-3-7-11-22/h2-17H,1H3. The fourth-order valence-corrected chi connectivity index (χ4v) is 2.95. The Morgan fingerprint density at radius 1 is 0.538 bits per heavy atom. The van der Waals surface area contributed by atoms with Crippen LogP contribution in [0.4, 0.5) is 17.1 Å². The van der Waals surface area contributed by atoms with E-state index < -0.39 is 0 Å². The molecule has 0 aliphatic rings. The minimum atomic E-state index is 0.782. The van der Waals surface area contributed by atoms with E-state index in [0.717, 1.165) is 34.0 Å². The first-order chi connectivity index (χ1) is 12.8. The van der Waals surface area contributed by atoms with Gasteiger partial charge in [-0.1, -0.05) is 48.5 Å². The highest BCUT2D eigenvalue weighted by molar-refractivity contribution is 5.77. The molecular weight excluding hydrogens is 318 g/mol. The third-order valence-corrected chi connectivity index (χ3v) is 4.27. The van der Waals surface area contributed by atoms with Gasteiger partial charge in [0.2, 0.25) is 0 Å². The number of aromatic nitrogens is 2. The minimum Gasteiger partial charge on any atom is -0.311 e. The number of para-hydroxylation sites is 2. The van der Waals surface area contributed by atoms with Crippen LogP contribution in [0.3, 0.4) is 0 Å². The molecule has 0 fully saturated rings. The zero-order chi connectivity index (χ0) is 17.8. The first kappa shape index (κ1) is 16.0. The van der Waals surface area contributed by atoms with Crippen LogP contribution in [-0.4, -0.2) is 9.97 Å². The minimum absolute atomic E-state index is 0.782. The van der Waals surface area contributed by atoms with Crippen molar-refractivity contribution in [3.63, 3.8) is 0 Å². The number of hydrogen-bond donors (Lipinski definition) is 0. The van der Waals surface area contributed by atoms with E-state index in [-0.39, 0.29) is 0 Å². The molecule has 1 aromatic heterocycles. The van der Waals surface area contributed by atoms with Gasteiger partial charge in [0.15, 0.2) is 0 Å². The van der Waals surface area contributed by atoms with Gasteiger partial charge < -0.3 is 4.90 Å². The largest absolute Gasteiger partial charge is 0.311 e. The molecule has 126 valence electrons. The summed E-state index contributed by atoms with van der Waals surface area (Å²) in [5, 5.41) is 0. The van der Waals surface area contributed by atoms with E-state index in [0.29, 0.717) is 0 Å². The summed E-state index contributed by atoms with van der Waals surface area (Å²) in [7, 11) is 0. The molecular formula is C23H19N3. The number of rotatable bonds is 4. The lowest BCUT2D eigenvalue weighted by atomic mass is 10.1. The van der Waals surface area contributed by atoms with Crippen LogP contribution in [0.5, 0.6) is 0 Å². The van der Waals surface area contributed by atoms with E-state index in [2.05, 4.69) is 87.7 Å². The molecule has 0 N–H and O–H groups in total. The quantitative estimate of drug-likeness (QED) is 0.463. The van der Waals surface area contributed by atoms with Gasteiger partial charge in [0.1, 0.15) is 5.82 Å². The van der Waals surface area contributed by atoms with Crippen molar-refractivity contribution < 1.29 is 0 Å². The number of aryl methyl sites for hydroxylation is 1. The Labute approximate surface area is 153 Å². The van der Waals surface area contributed by atoms with Crippen LogP contribution >= 0.6 is 0 Å². The van der Waals surface area contributed by atoms with Crippen molar-refractivity contribution in [1.29, 1.82) is 0 Å². The maximum atomic E-state index is 4.29. The van der Waals surface area contributed by atoms with Crippen LogP contribution in [0.1, 0.15) is 5.82 Å². The fourth-order valence-electron chi connectivity index (χ4n) is 2.95. The van der Waals surface area contributed by atoms with E-state index >= 15 is 0 Å². The van der Waals surface area contributed by atoms with E-state index in [1.54, 1.807) is 0 Å². The highest BCUT2D eigenvalue weighted by Crippen LogP contribution is 2.34. The van der Waals surface area contributed by atoms with E-state index in [9.17, 15) is 0 Å². The van der Waals surface area contributed by atoms with Gasteiger partial charge in [-0.3, -0.25) is 0 Å². The molecule has 1 heterocycles. The summed E-state index contributed by atoms with van der Waals surface area (Å²) in [6, 6.07) is 29.3. The first-order valence-corrected chi connectivity index (χ1v) is 8.60. The topological polar surface area (TPSA) is 29.0 Å². The summed E-state index contributed by atoms with van der Waals surface area (Å²) < 4.78 is 0. The van der Waals surface area contributed by atoms with Gasteiger partial charge in [-0.2, -0.15) is 0 Å². The molecule has 4 rings (SSSR count). The van der Waals surface area contributed by atoms with E-state index in [4.69, 9.17) is 0 Å². The molecule has 0 unspecified atom stereocenters. The highest BCUT2D eigenvalue weighted by Gasteiger charge is 2.11. The van der Waals surface area contributed by atoms with Gasteiger partial charge in [0.25, 0.3) is 0 Å². The van der Waals surface area contributed by atoms with Gasteiger partial charge in [0.05, 0.1) is 0 Å². The number of benzene rings is 3. The zero-order valence-electron chi connectivity index (χ0n) is 14.6. The summed E-state index contributed by atoms with van der Waals surface area (Å²) >= 11 is 0. The van der Waals surface area contributed by atoms with E-state index in [1.807, 2.05) is 31.5 Å². The van der Waals surface area contributed by atoms with Gasteiger partial charge in [-0.05, 0) is 48.9 Å². The van der Waals surface area contributed by atoms with Crippen LogP contribution in [0.25, 0.3) is 11.1 Å². The normalized spacial score (nSPS) is 10.5. The SMILES string of the molecule is Cc1ncc(-c2ccc(N(c3ccccc3)c3ccccc3)cc2)cn1. The predicted octanol–water partition coefficient (Wildman–Crippen LogP) is 5.92. The smallest absolute Gasteiger partial charge is 0.125 e. The summed E-state index contributed by atoms with van der Waals surface area (Å²) in [6.45, 7) is 1.89. The van der Waals surface area contributed by atoms with Gasteiger partial charge in [0, 0.05) is 35.0 Å². The van der Waals surface area contributed by atoms with Crippen molar-refractivity contribution >= 4 is 17.1 Å². The van der Waals surface area contributed by atoms with Crippen LogP contribution in [0, 0.1) is 6.92 Å². The average molecular weight is 337 g/mol. The van der Waals surface area contributed by atoms with Gasteiger partial charge in [-0.25, -0.2) is 9.97 Å². The monoisotopic (exact) mass is 337 g/mol. The Morgan fingerprint density at radius 2 is 1.00 bits per heavy atom. The molecule has 0 radical (unpaired) electrons. The van der Waals surface area contributed by atoms with Crippen LogP contribution in [-0.2, 0) is 0 Å². The Morgan fingerprint density at radius 3 is 1.50 bits per heavy atom. The van der Waals surface area contributed by atoms with Crippen LogP contribution in [0.2, 0.25) is 0 Å². The molecule has 0 atom stereocenters. The maximum absolute atomic E-state index is 4.29. The summed E-state index contributed by atoms with van der Waals surface area (Å²) in [4.78, 5) is 10.8. The van der Waals surface area contributed by atoms with Crippen LogP contribution in [0.15, 0.2) is 97.3 Å². The molecule has 4 aromatic rings. The third-order valence-electron chi connectivity index (χ3n) is 4.27. The summed E-state index contributed by atoms with van der Waals surface area (Å²) in [6.07, 6.45) is 3.73. The van der Waals surface area contributed by atoms with Crippen molar-refractivity contribution in [2.75, 3.05) is 4.90 Å². The van der Waals surface area contributed by atoms with Crippen LogP contribution < -0.4 is 4.90 Å². The molecule has 3 heteroatoms.